The number of hydrogen-bond donors (Lipinski definition) is 2. The van der Waals surface area contributed by atoms with Crippen molar-refractivity contribution >= 4 is 11.9 Å². The van der Waals surface area contributed by atoms with Crippen LogP contribution in [0.3, 0.4) is 0 Å². The molecular formula is C22H36N4O2. The molecule has 1 aliphatic heterocycles. The van der Waals surface area contributed by atoms with Gasteiger partial charge >= 0.3 is 6.03 Å². The van der Waals surface area contributed by atoms with E-state index in [9.17, 15) is 9.59 Å². The molecule has 1 aromatic rings. The van der Waals surface area contributed by atoms with E-state index in [1.54, 1.807) is 0 Å². The molecule has 1 saturated heterocycles. The summed E-state index contributed by atoms with van der Waals surface area (Å²) in [4.78, 5) is 28.3. The average molecular weight is 389 g/mol. The average Bonchev–Trinajstić information content (AvgIpc) is 2.67. The summed E-state index contributed by atoms with van der Waals surface area (Å²) in [5.41, 5.74) is 2.66. The third kappa shape index (κ3) is 7.15. The second kappa shape index (κ2) is 10.5. The summed E-state index contributed by atoms with van der Waals surface area (Å²) in [6, 6.07) is 8.34. The number of benzene rings is 1. The maximum absolute atomic E-state index is 12.2. The lowest BCUT2D eigenvalue weighted by molar-refractivity contribution is -0.132. The number of amides is 3. The van der Waals surface area contributed by atoms with Gasteiger partial charge in [0.25, 0.3) is 0 Å². The van der Waals surface area contributed by atoms with E-state index in [1.165, 1.54) is 11.1 Å². The van der Waals surface area contributed by atoms with E-state index in [1.807, 2.05) is 4.90 Å². The van der Waals surface area contributed by atoms with Gasteiger partial charge in [-0.3, -0.25) is 4.79 Å². The number of piperazine rings is 1. The van der Waals surface area contributed by atoms with E-state index >= 15 is 0 Å². The molecule has 6 nitrogen and oxygen atoms in total. The largest absolute Gasteiger partial charge is 0.340 e. The molecule has 1 aromatic carbocycles. The molecule has 0 saturated carbocycles. The summed E-state index contributed by atoms with van der Waals surface area (Å²) in [5, 5.41) is 5.64. The Morgan fingerprint density at radius 2 is 1.57 bits per heavy atom. The first-order valence-corrected chi connectivity index (χ1v) is 10.4. The molecule has 0 atom stereocenters. The van der Waals surface area contributed by atoms with Gasteiger partial charge in [-0.2, -0.15) is 0 Å². The highest BCUT2D eigenvalue weighted by Gasteiger charge is 2.19. The predicted molar refractivity (Wildman–Crippen MR) is 114 cm³/mol. The smallest absolute Gasteiger partial charge is 0.314 e. The van der Waals surface area contributed by atoms with Crippen LogP contribution in [-0.4, -0.2) is 67.6 Å². The molecule has 0 unspecified atom stereocenters. The Morgan fingerprint density at radius 1 is 0.964 bits per heavy atom. The quantitative estimate of drug-likeness (QED) is 0.754. The molecule has 0 aliphatic carbocycles. The van der Waals surface area contributed by atoms with E-state index < -0.39 is 0 Å². The fourth-order valence-corrected chi connectivity index (χ4v) is 3.31. The minimum Gasteiger partial charge on any atom is -0.340 e. The van der Waals surface area contributed by atoms with Crippen molar-refractivity contribution in [1.29, 1.82) is 0 Å². The Bertz CT molecular complexity index is 629. The molecular weight excluding hydrogens is 352 g/mol. The normalized spacial score (nSPS) is 15.4. The van der Waals surface area contributed by atoms with Gasteiger partial charge in [0.1, 0.15) is 0 Å². The van der Waals surface area contributed by atoms with Gasteiger partial charge < -0.3 is 20.4 Å². The fourth-order valence-electron chi connectivity index (χ4n) is 3.31. The monoisotopic (exact) mass is 388 g/mol. The molecule has 1 aliphatic rings. The van der Waals surface area contributed by atoms with Crippen LogP contribution in [0.4, 0.5) is 4.79 Å². The lowest BCUT2D eigenvalue weighted by Crippen LogP contribution is -2.49. The zero-order valence-electron chi connectivity index (χ0n) is 17.9. The van der Waals surface area contributed by atoms with E-state index in [-0.39, 0.29) is 17.4 Å². The first-order valence-electron chi connectivity index (χ1n) is 10.4. The molecule has 0 bridgehead atoms. The first-order chi connectivity index (χ1) is 13.3. The first kappa shape index (κ1) is 22.2. The SMILES string of the molecule is CCN1CCN(C(=O)CCNC(=O)NCCc2ccc(C(C)(C)C)cc2)CC1. The number of carbonyl (C=O) groups excluding carboxylic acids is 2. The van der Waals surface area contributed by atoms with Gasteiger partial charge in [-0.25, -0.2) is 4.79 Å². The summed E-state index contributed by atoms with van der Waals surface area (Å²) < 4.78 is 0. The minimum atomic E-state index is -0.213. The molecule has 6 heteroatoms. The highest BCUT2D eigenvalue weighted by atomic mass is 16.2. The van der Waals surface area contributed by atoms with Crippen LogP contribution in [0.1, 0.15) is 45.2 Å². The molecule has 1 fully saturated rings. The number of rotatable bonds is 7. The fraction of sp³-hybridized carbons (Fsp3) is 0.636. The van der Waals surface area contributed by atoms with Crippen LogP contribution >= 0.6 is 0 Å². The highest BCUT2D eigenvalue weighted by Crippen LogP contribution is 2.22. The predicted octanol–water partition coefficient (Wildman–Crippen LogP) is 2.38. The Kier molecular flexibility index (Phi) is 8.30. The van der Waals surface area contributed by atoms with Gasteiger partial charge in [-0.1, -0.05) is 52.0 Å². The summed E-state index contributed by atoms with van der Waals surface area (Å²) >= 11 is 0. The Balaban J connectivity index is 1.59. The standard InChI is InChI=1S/C22H36N4O2/c1-5-25-14-16-26(17-15-25)20(27)11-13-24-21(28)23-12-10-18-6-8-19(9-7-18)22(2,3)4/h6-9H,5,10-17H2,1-4H3,(H2,23,24,28). The molecule has 28 heavy (non-hydrogen) atoms. The van der Waals surface area contributed by atoms with Gasteiger partial charge in [0.05, 0.1) is 0 Å². The van der Waals surface area contributed by atoms with Crippen LogP contribution in [-0.2, 0) is 16.6 Å². The van der Waals surface area contributed by atoms with Crippen LogP contribution in [0.15, 0.2) is 24.3 Å². The lowest BCUT2D eigenvalue weighted by atomic mass is 9.86. The van der Waals surface area contributed by atoms with Crippen molar-refractivity contribution in [2.45, 2.75) is 46.0 Å². The van der Waals surface area contributed by atoms with Gasteiger partial charge in [0, 0.05) is 45.7 Å². The van der Waals surface area contributed by atoms with E-state index in [0.29, 0.717) is 19.5 Å². The number of nitrogens with zero attached hydrogens (tertiary/aromatic N) is 2. The van der Waals surface area contributed by atoms with Crippen molar-refractivity contribution in [3.05, 3.63) is 35.4 Å². The molecule has 156 valence electrons. The van der Waals surface area contributed by atoms with Crippen LogP contribution in [0.2, 0.25) is 0 Å². The van der Waals surface area contributed by atoms with Gasteiger partial charge in [0.2, 0.25) is 5.91 Å². The molecule has 3 amide bonds. The second-order valence-corrected chi connectivity index (χ2v) is 8.44. The number of hydrogen-bond acceptors (Lipinski definition) is 3. The van der Waals surface area contributed by atoms with E-state index in [2.05, 4.69) is 67.5 Å². The molecule has 2 N–H and O–H groups in total. The Labute approximate surface area is 169 Å². The summed E-state index contributed by atoms with van der Waals surface area (Å²) in [6.45, 7) is 14.2. The Hall–Kier alpha value is -2.08. The van der Waals surface area contributed by atoms with E-state index in [0.717, 1.165) is 39.1 Å². The summed E-state index contributed by atoms with van der Waals surface area (Å²) in [6.07, 6.45) is 1.15. The number of carbonyl (C=O) groups is 2. The summed E-state index contributed by atoms with van der Waals surface area (Å²) in [7, 11) is 0. The van der Waals surface area contributed by atoms with Crippen LogP contribution in [0, 0.1) is 0 Å². The second-order valence-electron chi connectivity index (χ2n) is 8.44. The Morgan fingerprint density at radius 3 is 2.14 bits per heavy atom. The van der Waals surface area contributed by atoms with Crippen LogP contribution < -0.4 is 10.6 Å². The van der Waals surface area contributed by atoms with Crippen LogP contribution in [0.25, 0.3) is 0 Å². The number of urea groups is 1. The number of likely N-dealkylation sites (N-methyl/N-ethyl adjacent to an activating group) is 1. The third-order valence-corrected chi connectivity index (χ3v) is 5.32. The molecule has 0 radical (unpaired) electrons. The molecule has 1 heterocycles. The van der Waals surface area contributed by atoms with Crippen molar-refractivity contribution < 1.29 is 9.59 Å². The van der Waals surface area contributed by atoms with Gasteiger partial charge in [0.15, 0.2) is 0 Å². The van der Waals surface area contributed by atoms with Crippen molar-refractivity contribution in [1.82, 2.24) is 20.4 Å². The van der Waals surface area contributed by atoms with E-state index in [4.69, 9.17) is 0 Å². The minimum absolute atomic E-state index is 0.120. The number of nitrogens with one attached hydrogen (secondary N) is 2. The molecule has 0 aromatic heterocycles. The zero-order chi connectivity index (χ0) is 20.6. The maximum Gasteiger partial charge on any atom is 0.314 e. The third-order valence-electron chi connectivity index (χ3n) is 5.32. The van der Waals surface area contributed by atoms with Gasteiger partial charge in [-0.05, 0) is 29.5 Å². The van der Waals surface area contributed by atoms with Crippen molar-refractivity contribution in [3.63, 3.8) is 0 Å². The topological polar surface area (TPSA) is 64.7 Å². The van der Waals surface area contributed by atoms with Crippen LogP contribution in [0.5, 0.6) is 0 Å². The van der Waals surface area contributed by atoms with Crippen molar-refractivity contribution in [2.75, 3.05) is 45.8 Å². The van der Waals surface area contributed by atoms with Gasteiger partial charge in [-0.15, -0.1) is 0 Å². The molecule has 0 spiro atoms. The van der Waals surface area contributed by atoms with Crippen molar-refractivity contribution in [3.8, 4) is 0 Å². The zero-order valence-corrected chi connectivity index (χ0v) is 17.9. The summed E-state index contributed by atoms with van der Waals surface area (Å²) in [5.74, 6) is 0.120. The lowest BCUT2D eigenvalue weighted by Gasteiger charge is -2.34. The molecule has 2 rings (SSSR count). The highest BCUT2D eigenvalue weighted by molar-refractivity contribution is 5.78. The van der Waals surface area contributed by atoms with Crippen molar-refractivity contribution in [2.24, 2.45) is 0 Å². The maximum atomic E-state index is 12.2.